The van der Waals surface area contributed by atoms with Gasteiger partial charge in [-0.25, -0.2) is 0 Å². The monoisotopic (exact) mass is 130 g/mol. The van der Waals surface area contributed by atoms with Gasteiger partial charge in [-0.2, -0.15) is 0 Å². The maximum atomic E-state index is 8.55. The van der Waals surface area contributed by atoms with Gasteiger partial charge in [0.1, 0.15) is 0 Å². The summed E-state index contributed by atoms with van der Waals surface area (Å²) in [5.74, 6) is 0.164. The fourth-order valence-electron chi connectivity index (χ4n) is 0.591. The first-order chi connectivity index (χ1) is 4.20. The van der Waals surface area contributed by atoms with Crippen molar-refractivity contribution in [2.24, 2.45) is 5.92 Å². The Morgan fingerprint density at radius 3 is 2.44 bits per heavy atom. The summed E-state index contributed by atoms with van der Waals surface area (Å²) in [4.78, 5) is 0. The van der Waals surface area contributed by atoms with Crippen LogP contribution >= 0.6 is 0 Å². The van der Waals surface area contributed by atoms with Crippen molar-refractivity contribution in [1.82, 2.24) is 0 Å². The van der Waals surface area contributed by atoms with Gasteiger partial charge in [-0.05, 0) is 12.8 Å². The molecule has 0 saturated carbocycles. The molecule has 0 aromatic heterocycles. The van der Waals surface area contributed by atoms with Crippen LogP contribution in [0.25, 0.3) is 0 Å². The van der Waals surface area contributed by atoms with Gasteiger partial charge in [-0.15, -0.1) is 0 Å². The topological polar surface area (TPSA) is 40.5 Å². The van der Waals surface area contributed by atoms with Crippen LogP contribution in [0.15, 0.2) is 11.6 Å². The van der Waals surface area contributed by atoms with E-state index in [0.29, 0.717) is 0 Å². The summed E-state index contributed by atoms with van der Waals surface area (Å²) in [6, 6.07) is 0. The first-order valence-corrected chi connectivity index (χ1v) is 3.09. The van der Waals surface area contributed by atoms with Gasteiger partial charge in [0, 0.05) is 6.61 Å². The molecule has 0 rings (SSSR count). The van der Waals surface area contributed by atoms with Crippen molar-refractivity contribution in [3.8, 4) is 0 Å². The van der Waals surface area contributed by atoms with E-state index in [1.54, 1.807) is 0 Å². The van der Waals surface area contributed by atoms with Crippen LogP contribution in [0.3, 0.4) is 0 Å². The Kier molecular flexibility index (Phi) is 4.36. The predicted octanol–water partition coefficient (Wildman–Crippen LogP) is 0.553. The molecule has 0 amide bonds. The second-order valence-corrected chi connectivity index (χ2v) is 2.33. The molecule has 0 unspecified atom stereocenters. The second kappa shape index (κ2) is 4.53. The second-order valence-electron chi connectivity index (χ2n) is 2.33. The maximum Gasteiger partial charge on any atom is 0.0639 e. The predicted molar refractivity (Wildman–Crippen MR) is 37.1 cm³/mol. The zero-order valence-corrected chi connectivity index (χ0v) is 5.96. The number of aliphatic hydroxyl groups is 2. The Morgan fingerprint density at radius 1 is 1.56 bits per heavy atom. The Bertz CT molecular complexity index is 97.1. The molecule has 0 aliphatic rings. The van der Waals surface area contributed by atoms with Crippen LogP contribution in [0.1, 0.15) is 13.8 Å². The lowest BCUT2D eigenvalue weighted by Gasteiger charge is -2.00. The maximum absolute atomic E-state index is 8.55. The average molecular weight is 130 g/mol. The van der Waals surface area contributed by atoms with Gasteiger partial charge in [-0.1, -0.05) is 18.6 Å². The van der Waals surface area contributed by atoms with E-state index in [0.717, 1.165) is 5.57 Å². The summed E-state index contributed by atoms with van der Waals surface area (Å²) in [7, 11) is 0. The van der Waals surface area contributed by atoms with Crippen molar-refractivity contribution < 1.29 is 10.2 Å². The minimum atomic E-state index is 0.0876. The van der Waals surface area contributed by atoms with Crippen LogP contribution in [0, 0.1) is 5.92 Å². The van der Waals surface area contributed by atoms with Crippen molar-refractivity contribution in [3.05, 3.63) is 11.6 Å². The van der Waals surface area contributed by atoms with E-state index in [9.17, 15) is 0 Å². The van der Waals surface area contributed by atoms with Gasteiger partial charge >= 0.3 is 0 Å². The molecule has 1 atom stereocenters. The lowest BCUT2D eigenvalue weighted by Crippen LogP contribution is -1.98. The third-order valence-corrected chi connectivity index (χ3v) is 1.11. The lowest BCUT2D eigenvalue weighted by atomic mass is 10.1. The standard InChI is InChI=1S/C7H14O2/c1-6(4-8)3-7(2)5-9/h3,6,8-9H,4-5H2,1-2H3/b7-3-/t6-/m1/s1. The Morgan fingerprint density at radius 2 is 2.11 bits per heavy atom. The zero-order valence-electron chi connectivity index (χ0n) is 5.96. The Balaban J connectivity index is 3.64. The normalized spacial score (nSPS) is 15.8. The van der Waals surface area contributed by atoms with Crippen LogP contribution in [-0.2, 0) is 0 Å². The molecule has 0 aromatic carbocycles. The summed E-state index contributed by atoms with van der Waals surface area (Å²) >= 11 is 0. The molecular formula is C7H14O2. The third-order valence-electron chi connectivity index (χ3n) is 1.11. The largest absolute Gasteiger partial charge is 0.396 e. The van der Waals surface area contributed by atoms with Crippen LogP contribution in [0.2, 0.25) is 0 Å². The highest BCUT2D eigenvalue weighted by molar-refractivity contribution is 4.99. The molecule has 2 nitrogen and oxygen atoms in total. The van der Waals surface area contributed by atoms with Crippen molar-refractivity contribution >= 4 is 0 Å². The van der Waals surface area contributed by atoms with Gasteiger partial charge in [0.2, 0.25) is 0 Å². The smallest absolute Gasteiger partial charge is 0.0639 e. The molecule has 2 heteroatoms. The fraction of sp³-hybridized carbons (Fsp3) is 0.714. The van der Waals surface area contributed by atoms with E-state index in [1.807, 2.05) is 19.9 Å². The average Bonchev–Trinajstić information content (AvgIpc) is 1.87. The van der Waals surface area contributed by atoms with E-state index >= 15 is 0 Å². The number of rotatable bonds is 3. The molecule has 0 radical (unpaired) electrons. The summed E-state index contributed by atoms with van der Waals surface area (Å²) in [5.41, 5.74) is 0.913. The molecule has 0 aliphatic heterocycles. The molecule has 0 saturated heterocycles. The van der Waals surface area contributed by atoms with E-state index in [4.69, 9.17) is 10.2 Å². The molecule has 9 heavy (non-hydrogen) atoms. The summed E-state index contributed by atoms with van der Waals surface area (Å²) in [6.07, 6.45) is 1.86. The molecule has 0 bridgehead atoms. The van der Waals surface area contributed by atoms with Crippen molar-refractivity contribution in [2.75, 3.05) is 13.2 Å². The highest BCUT2D eigenvalue weighted by Crippen LogP contribution is 1.99. The fourth-order valence-corrected chi connectivity index (χ4v) is 0.591. The minimum absolute atomic E-state index is 0.0876. The first-order valence-electron chi connectivity index (χ1n) is 3.09. The molecule has 0 spiro atoms. The molecule has 0 aromatic rings. The quantitative estimate of drug-likeness (QED) is 0.548. The molecule has 0 fully saturated rings. The summed E-state index contributed by atoms with van der Waals surface area (Å²) < 4.78 is 0. The zero-order chi connectivity index (χ0) is 7.28. The number of hydrogen-bond acceptors (Lipinski definition) is 2. The molecular weight excluding hydrogens is 116 g/mol. The van der Waals surface area contributed by atoms with Crippen LogP contribution < -0.4 is 0 Å². The lowest BCUT2D eigenvalue weighted by molar-refractivity contribution is 0.260. The van der Waals surface area contributed by atoms with E-state index < -0.39 is 0 Å². The Labute approximate surface area is 55.8 Å². The molecule has 54 valence electrons. The van der Waals surface area contributed by atoms with Gasteiger partial charge in [0.25, 0.3) is 0 Å². The van der Waals surface area contributed by atoms with Crippen LogP contribution in [-0.4, -0.2) is 23.4 Å². The number of hydrogen-bond donors (Lipinski definition) is 2. The van der Waals surface area contributed by atoms with Gasteiger partial charge in [0.05, 0.1) is 6.61 Å². The summed E-state index contributed by atoms with van der Waals surface area (Å²) in [6.45, 7) is 3.98. The first kappa shape index (κ1) is 8.66. The SMILES string of the molecule is C/C(=C/[C@@H](C)CO)CO. The van der Waals surface area contributed by atoms with Gasteiger partial charge < -0.3 is 10.2 Å². The Hall–Kier alpha value is -0.340. The highest BCUT2D eigenvalue weighted by Gasteiger charge is 1.93. The number of aliphatic hydroxyl groups excluding tert-OH is 2. The molecule has 2 N–H and O–H groups in total. The van der Waals surface area contributed by atoms with Crippen molar-refractivity contribution in [3.63, 3.8) is 0 Å². The van der Waals surface area contributed by atoms with Gasteiger partial charge in [0.15, 0.2) is 0 Å². The molecule has 0 heterocycles. The van der Waals surface area contributed by atoms with Gasteiger partial charge in [-0.3, -0.25) is 0 Å². The van der Waals surface area contributed by atoms with E-state index in [-0.39, 0.29) is 19.1 Å². The van der Waals surface area contributed by atoms with Crippen LogP contribution in [0.4, 0.5) is 0 Å². The molecule has 0 aliphatic carbocycles. The summed E-state index contributed by atoms with van der Waals surface area (Å²) in [5, 5.41) is 17.1. The van der Waals surface area contributed by atoms with Crippen molar-refractivity contribution in [2.45, 2.75) is 13.8 Å². The third kappa shape index (κ3) is 4.18. The van der Waals surface area contributed by atoms with E-state index in [1.165, 1.54) is 0 Å². The highest BCUT2D eigenvalue weighted by atomic mass is 16.3. The minimum Gasteiger partial charge on any atom is -0.396 e. The van der Waals surface area contributed by atoms with Crippen LogP contribution in [0.5, 0.6) is 0 Å². The van der Waals surface area contributed by atoms with E-state index in [2.05, 4.69) is 0 Å². The van der Waals surface area contributed by atoms with Crippen molar-refractivity contribution in [1.29, 1.82) is 0 Å².